The molecule has 2 heterocycles. The van der Waals surface area contributed by atoms with E-state index in [1.807, 2.05) is 30.3 Å². The van der Waals surface area contributed by atoms with Crippen molar-refractivity contribution in [2.45, 2.75) is 70.0 Å². The first-order valence-corrected chi connectivity index (χ1v) is 13.2. The summed E-state index contributed by atoms with van der Waals surface area (Å²) in [5.74, 6) is -0.503. The highest BCUT2D eigenvalue weighted by atomic mass is 32.1. The van der Waals surface area contributed by atoms with Crippen molar-refractivity contribution in [3.05, 3.63) is 30.3 Å². The van der Waals surface area contributed by atoms with Gasteiger partial charge in [-0.2, -0.15) is 0 Å². The molecular weight excluding hydrogens is 464 g/mol. The van der Waals surface area contributed by atoms with Crippen molar-refractivity contribution in [1.29, 1.82) is 0 Å². The zero-order valence-corrected chi connectivity index (χ0v) is 21.1. The largest absolute Gasteiger partial charge is 0.343 e. The standard InChI is InChI=1S/C25H34N6O3S/c1-16(26-2)22(32)27-21(18-12-7-4-8-13-18)25(34)31-15-9-14-19(31)23(33)28-24-20(29-30-35-24)17-10-5-3-6-11-17/h3,5-6,10-11,16,18-19,21,26H,4,7-9,12-15H2,1-2H3,(H,27,32)(H,28,33). The van der Waals surface area contributed by atoms with Gasteiger partial charge in [0.2, 0.25) is 17.7 Å². The fourth-order valence-electron chi connectivity index (χ4n) is 4.99. The maximum Gasteiger partial charge on any atom is 0.247 e. The van der Waals surface area contributed by atoms with Gasteiger partial charge in [-0.15, -0.1) is 5.10 Å². The van der Waals surface area contributed by atoms with Gasteiger partial charge >= 0.3 is 0 Å². The second-order valence-electron chi connectivity index (χ2n) is 9.39. The second-order valence-corrected chi connectivity index (χ2v) is 10.1. The maximum atomic E-state index is 13.8. The van der Waals surface area contributed by atoms with Crippen molar-refractivity contribution in [2.75, 3.05) is 18.9 Å². The van der Waals surface area contributed by atoms with E-state index in [0.717, 1.165) is 55.6 Å². The molecule has 2 aromatic rings. The smallest absolute Gasteiger partial charge is 0.247 e. The van der Waals surface area contributed by atoms with E-state index in [0.29, 0.717) is 23.7 Å². The van der Waals surface area contributed by atoms with E-state index < -0.39 is 18.1 Å². The van der Waals surface area contributed by atoms with Crippen LogP contribution in [0.2, 0.25) is 0 Å². The fourth-order valence-corrected chi connectivity index (χ4v) is 5.59. The summed E-state index contributed by atoms with van der Waals surface area (Å²) in [5, 5.41) is 13.7. The predicted molar refractivity (Wildman–Crippen MR) is 136 cm³/mol. The lowest BCUT2D eigenvalue weighted by Gasteiger charge is -2.35. The van der Waals surface area contributed by atoms with Crippen LogP contribution in [0.1, 0.15) is 51.9 Å². The molecule has 1 saturated carbocycles. The number of benzene rings is 1. The number of aromatic nitrogens is 2. The average molecular weight is 499 g/mol. The first kappa shape index (κ1) is 25.2. The minimum atomic E-state index is -0.614. The number of hydrogen-bond donors (Lipinski definition) is 3. The number of rotatable bonds is 8. The van der Waals surface area contributed by atoms with Crippen molar-refractivity contribution in [2.24, 2.45) is 5.92 Å². The number of likely N-dealkylation sites (tertiary alicyclic amines) is 1. The van der Waals surface area contributed by atoms with Crippen LogP contribution in [0.5, 0.6) is 0 Å². The number of anilines is 1. The molecule has 2 fully saturated rings. The fraction of sp³-hybridized carbons (Fsp3) is 0.560. The van der Waals surface area contributed by atoms with Crippen LogP contribution in [0.4, 0.5) is 5.00 Å². The van der Waals surface area contributed by atoms with Crippen LogP contribution in [0.25, 0.3) is 11.3 Å². The van der Waals surface area contributed by atoms with Crippen LogP contribution in [-0.2, 0) is 14.4 Å². The number of hydrogen-bond acceptors (Lipinski definition) is 7. The predicted octanol–water partition coefficient (Wildman–Crippen LogP) is 2.81. The molecule has 0 bridgehead atoms. The zero-order chi connectivity index (χ0) is 24.8. The molecule has 2 aliphatic rings. The monoisotopic (exact) mass is 498 g/mol. The Bertz CT molecular complexity index is 1020. The van der Waals surface area contributed by atoms with Crippen LogP contribution in [0.3, 0.4) is 0 Å². The Morgan fingerprint density at radius 1 is 1.06 bits per heavy atom. The molecule has 3 N–H and O–H groups in total. The highest BCUT2D eigenvalue weighted by molar-refractivity contribution is 7.10. The second kappa shape index (κ2) is 11.7. The number of nitrogens with zero attached hydrogens (tertiary/aromatic N) is 3. The van der Waals surface area contributed by atoms with Crippen LogP contribution in [-0.4, -0.2) is 63.9 Å². The summed E-state index contributed by atoms with van der Waals surface area (Å²) in [7, 11) is 1.72. The minimum absolute atomic E-state index is 0.0870. The molecular formula is C25H34N6O3S. The molecule has 1 aliphatic heterocycles. The summed E-state index contributed by atoms with van der Waals surface area (Å²) in [6.45, 7) is 2.28. The Kier molecular flexibility index (Phi) is 8.46. The third-order valence-electron chi connectivity index (χ3n) is 7.12. The highest BCUT2D eigenvalue weighted by Crippen LogP contribution is 2.31. The Morgan fingerprint density at radius 2 is 1.80 bits per heavy atom. The summed E-state index contributed by atoms with van der Waals surface area (Å²) in [4.78, 5) is 41.5. The van der Waals surface area contributed by atoms with Gasteiger partial charge in [0.15, 0.2) is 0 Å². The summed E-state index contributed by atoms with van der Waals surface area (Å²) in [6.07, 6.45) is 6.40. The van der Waals surface area contributed by atoms with Crippen molar-refractivity contribution < 1.29 is 14.4 Å². The molecule has 9 nitrogen and oxygen atoms in total. The van der Waals surface area contributed by atoms with E-state index in [1.165, 1.54) is 0 Å². The number of nitrogens with one attached hydrogen (secondary N) is 3. The van der Waals surface area contributed by atoms with E-state index in [4.69, 9.17) is 0 Å². The molecule has 0 radical (unpaired) electrons. The number of carbonyl (C=O) groups excluding carboxylic acids is 3. The van der Waals surface area contributed by atoms with Crippen molar-refractivity contribution in [3.63, 3.8) is 0 Å². The van der Waals surface area contributed by atoms with Crippen LogP contribution < -0.4 is 16.0 Å². The number of likely N-dealkylation sites (N-methyl/N-ethyl adjacent to an activating group) is 1. The molecule has 1 aliphatic carbocycles. The average Bonchev–Trinajstić information content (AvgIpc) is 3.57. The molecule has 1 aromatic carbocycles. The third kappa shape index (κ3) is 5.87. The SMILES string of the molecule is CNC(C)C(=O)NC(C(=O)N1CCCC1C(=O)Nc1snnc1-c1ccccc1)C1CCCCC1. The summed E-state index contributed by atoms with van der Waals surface area (Å²) < 4.78 is 4.02. The molecule has 3 unspecified atom stereocenters. The van der Waals surface area contributed by atoms with Gasteiger partial charge in [0, 0.05) is 23.6 Å². The van der Waals surface area contributed by atoms with Crippen molar-refractivity contribution in [1.82, 2.24) is 25.1 Å². The lowest BCUT2D eigenvalue weighted by Crippen LogP contribution is -2.57. The maximum absolute atomic E-state index is 13.8. The molecule has 1 aromatic heterocycles. The number of carbonyl (C=O) groups is 3. The topological polar surface area (TPSA) is 116 Å². The number of amides is 3. The Morgan fingerprint density at radius 3 is 2.51 bits per heavy atom. The first-order valence-electron chi connectivity index (χ1n) is 12.5. The molecule has 35 heavy (non-hydrogen) atoms. The normalized spacial score (nSPS) is 20.3. The van der Waals surface area contributed by atoms with Crippen molar-refractivity contribution in [3.8, 4) is 11.3 Å². The molecule has 188 valence electrons. The van der Waals surface area contributed by atoms with Gasteiger partial charge in [-0.1, -0.05) is 54.1 Å². The summed E-state index contributed by atoms with van der Waals surface area (Å²) in [6, 6.07) is 7.97. The van der Waals surface area contributed by atoms with Gasteiger partial charge in [0.25, 0.3) is 0 Å². The molecule has 3 amide bonds. The summed E-state index contributed by atoms with van der Waals surface area (Å²) in [5.41, 5.74) is 1.49. The lowest BCUT2D eigenvalue weighted by molar-refractivity contribution is -0.142. The van der Waals surface area contributed by atoms with Crippen LogP contribution >= 0.6 is 11.5 Å². The van der Waals surface area contributed by atoms with E-state index >= 15 is 0 Å². The first-order chi connectivity index (χ1) is 17.0. The van der Waals surface area contributed by atoms with E-state index in [-0.39, 0.29) is 23.6 Å². The highest BCUT2D eigenvalue weighted by Gasteiger charge is 2.41. The van der Waals surface area contributed by atoms with Gasteiger partial charge in [-0.05, 0) is 45.6 Å². The van der Waals surface area contributed by atoms with Gasteiger partial charge in [0.1, 0.15) is 22.8 Å². The Balaban J connectivity index is 1.50. The molecule has 1 saturated heterocycles. The Labute approximate surface area is 210 Å². The Hall–Kier alpha value is -2.85. The van der Waals surface area contributed by atoms with Gasteiger partial charge < -0.3 is 20.9 Å². The molecule has 10 heteroatoms. The molecule has 0 spiro atoms. The van der Waals surface area contributed by atoms with E-state index in [2.05, 4.69) is 25.5 Å². The van der Waals surface area contributed by atoms with Gasteiger partial charge in [0.05, 0.1) is 6.04 Å². The molecule has 4 rings (SSSR count). The lowest BCUT2D eigenvalue weighted by atomic mass is 9.83. The zero-order valence-electron chi connectivity index (χ0n) is 20.3. The van der Waals surface area contributed by atoms with Crippen molar-refractivity contribution >= 4 is 34.3 Å². The van der Waals surface area contributed by atoms with E-state index in [1.54, 1.807) is 18.9 Å². The summed E-state index contributed by atoms with van der Waals surface area (Å²) >= 11 is 1.12. The minimum Gasteiger partial charge on any atom is -0.343 e. The van der Waals surface area contributed by atoms with Gasteiger partial charge in [-0.3, -0.25) is 14.4 Å². The van der Waals surface area contributed by atoms with Gasteiger partial charge in [-0.25, -0.2) is 0 Å². The van der Waals surface area contributed by atoms with Crippen LogP contribution in [0.15, 0.2) is 30.3 Å². The third-order valence-corrected chi connectivity index (χ3v) is 7.76. The van der Waals surface area contributed by atoms with E-state index in [9.17, 15) is 14.4 Å². The molecule has 3 atom stereocenters. The van der Waals surface area contributed by atoms with Crippen LogP contribution in [0, 0.1) is 5.92 Å². The quantitative estimate of drug-likeness (QED) is 0.515.